The smallest absolute Gasteiger partial charge is 0.179 e. The molecule has 0 bridgehead atoms. The van der Waals surface area contributed by atoms with E-state index in [-0.39, 0.29) is 0 Å². The van der Waals surface area contributed by atoms with Crippen LogP contribution in [0.2, 0.25) is 0 Å². The highest BCUT2D eigenvalue weighted by molar-refractivity contribution is 5.72. The Kier molecular flexibility index (Phi) is 3.60. The van der Waals surface area contributed by atoms with E-state index in [4.69, 9.17) is 9.40 Å². The van der Waals surface area contributed by atoms with Crippen molar-refractivity contribution in [3.05, 3.63) is 48.3 Å². The first-order valence-electron chi connectivity index (χ1n) is 8.26. The van der Waals surface area contributed by atoms with Crippen LogP contribution in [0, 0.1) is 6.42 Å². The second-order valence-corrected chi connectivity index (χ2v) is 6.49. The summed E-state index contributed by atoms with van der Waals surface area (Å²) in [5.41, 5.74) is 3.40. The standard InChI is InChI=1S/C19H20N3O/c1-12(2)17-9-10-18(23-17)16-11-20-15-8-7-14(21-19(15)22-16)13-5-3-4-6-13/h3,7-13H,4-6H2,1-2H3. The van der Waals surface area contributed by atoms with E-state index in [2.05, 4.69) is 36.3 Å². The molecule has 0 aliphatic heterocycles. The average molecular weight is 306 g/mol. The lowest BCUT2D eigenvalue weighted by Crippen LogP contribution is -1.99. The SMILES string of the molecule is CC(C)c1ccc(-c2cnc3ccc(C4C[CH]CC4)nc3n2)o1. The molecule has 4 nitrogen and oxygen atoms in total. The second kappa shape index (κ2) is 5.76. The van der Waals surface area contributed by atoms with Gasteiger partial charge in [-0.3, -0.25) is 4.98 Å². The van der Waals surface area contributed by atoms with Crippen molar-refractivity contribution in [1.29, 1.82) is 0 Å². The van der Waals surface area contributed by atoms with Gasteiger partial charge >= 0.3 is 0 Å². The minimum absolute atomic E-state index is 0.362. The van der Waals surface area contributed by atoms with Crippen LogP contribution in [0.25, 0.3) is 22.6 Å². The molecule has 1 atom stereocenters. The minimum Gasteiger partial charge on any atom is -0.459 e. The van der Waals surface area contributed by atoms with Gasteiger partial charge in [0.05, 0.1) is 6.20 Å². The summed E-state index contributed by atoms with van der Waals surface area (Å²) in [5.74, 6) is 2.61. The van der Waals surface area contributed by atoms with Crippen LogP contribution < -0.4 is 0 Å². The van der Waals surface area contributed by atoms with E-state index < -0.39 is 0 Å². The number of furan rings is 1. The Hall–Kier alpha value is -2.23. The third-order valence-corrected chi connectivity index (χ3v) is 4.47. The van der Waals surface area contributed by atoms with Gasteiger partial charge in [0.15, 0.2) is 11.4 Å². The first kappa shape index (κ1) is 14.4. The fraction of sp³-hybridized carbons (Fsp3) is 0.368. The Morgan fingerprint density at radius 2 is 2.04 bits per heavy atom. The van der Waals surface area contributed by atoms with Crippen molar-refractivity contribution in [3.8, 4) is 11.5 Å². The summed E-state index contributed by atoms with van der Waals surface area (Å²) in [5, 5.41) is 0. The second-order valence-electron chi connectivity index (χ2n) is 6.49. The number of hydrogen-bond donors (Lipinski definition) is 0. The Morgan fingerprint density at radius 3 is 2.78 bits per heavy atom. The Labute approximate surface area is 136 Å². The van der Waals surface area contributed by atoms with Crippen molar-refractivity contribution < 1.29 is 4.42 Å². The van der Waals surface area contributed by atoms with E-state index in [1.54, 1.807) is 6.20 Å². The number of nitrogens with zero attached hydrogens (tertiary/aromatic N) is 3. The zero-order valence-corrected chi connectivity index (χ0v) is 13.5. The molecular formula is C19H20N3O. The Balaban J connectivity index is 1.73. The normalized spacial score (nSPS) is 15.8. The highest BCUT2D eigenvalue weighted by atomic mass is 16.3. The molecule has 3 aromatic heterocycles. The molecule has 1 unspecified atom stereocenters. The number of fused-ring (bicyclic) bond motifs is 1. The van der Waals surface area contributed by atoms with E-state index in [1.165, 1.54) is 12.8 Å². The summed E-state index contributed by atoms with van der Waals surface area (Å²) < 4.78 is 5.87. The highest BCUT2D eigenvalue weighted by Crippen LogP contribution is 2.33. The molecule has 0 saturated heterocycles. The average Bonchev–Trinajstić information content (AvgIpc) is 3.25. The van der Waals surface area contributed by atoms with E-state index in [9.17, 15) is 0 Å². The molecule has 4 heteroatoms. The molecule has 0 spiro atoms. The maximum absolute atomic E-state index is 5.87. The van der Waals surface area contributed by atoms with Crippen LogP contribution in [0.1, 0.15) is 56.4 Å². The molecule has 0 amide bonds. The van der Waals surface area contributed by atoms with E-state index in [0.717, 1.165) is 34.8 Å². The molecule has 1 saturated carbocycles. The van der Waals surface area contributed by atoms with Gasteiger partial charge in [-0.2, -0.15) is 0 Å². The lowest BCUT2D eigenvalue weighted by atomic mass is 10.0. The van der Waals surface area contributed by atoms with Crippen molar-refractivity contribution in [2.45, 2.75) is 44.9 Å². The van der Waals surface area contributed by atoms with Gasteiger partial charge in [0.2, 0.25) is 0 Å². The summed E-state index contributed by atoms with van der Waals surface area (Å²) in [6, 6.07) is 8.07. The van der Waals surface area contributed by atoms with Crippen molar-refractivity contribution in [2.24, 2.45) is 0 Å². The third kappa shape index (κ3) is 2.74. The predicted octanol–water partition coefficient (Wildman–Crippen LogP) is 4.88. The molecule has 0 N–H and O–H groups in total. The van der Waals surface area contributed by atoms with Gasteiger partial charge in [0.1, 0.15) is 17.0 Å². The quantitative estimate of drug-likeness (QED) is 0.692. The molecule has 117 valence electrons. The van der Waals surface area contributed by atoms with Gasteiger partial charge in [-0.05, 0) is 49.9 Å². The van der Waals surface area contributed by atoms with Gasteiger partial charge in [-0.15, -0.1) is 0 Å². The van der Waals surface area contributed by atoms with Gasteiger partial charge in [0, 0.05) is 17.5 Å². The fourth-order valence-electron chi connectivity index (χ4n) is 3.08. The monoisotopic (exact) mass is 306 g/mol. The number of hydrogen-bond acceptors (Lipinski definition) is 4. The van der Waals surface area contributed by atoms with Crippen LogP contribution in [-0.2, 0) is 0 Å². The van der Waals surface area contributed by atoms with Crippen LogP contribution >= 0.6 is 0 Å². The van der Waals surface area contributed by atoms with Crippen molar-refractivity contribution >= 4 is 11.2 Å². The molecule has 1 fully saturated rings. The summed E-state index contributed by atoms with van der Waals surface area (Å²) in [7, 11) is 0. The van der Waals surface area contributed by atoms with Crippen molar-refractivity contribution in [2.75, 3.05) is 0 Å². The van der Waals surface area contributed by atoms with Crippen LogP contribution in [0.15, 0.2) is 34.9 Å². The van der Waals surface area contributed by atoms with Gasteiger partial charge in [-0.25, -0.2) is 9.97 Å². The first-order chi connectivity index (χ1) is 11.2. The van der Waals surface area contributed by atoms with Gasteiger partial charge in [0.25, 0.3) is 0 Å². The number of rotatable bonds is 3. The van der Waals surface area contributed by atoms with E-state index >= 15 is 0 Å². The van der Waals surface area contributed by atoms with Crippen molar-refractivity contribution in [1.82, 2.24) is 15.0 Å². The summed E-state index contributed by atoms with van der Waals surface area (Å²) in [6.45, 7) is 4.22. The molecule has 4 rings (SSSR count). The maximum Gasteiger partial charge on any atom is 0.179 e. The molecule has 0 aromatic carbocycles. The van der Waals surface area contributed by atoms with Crippen LogP contribution in [0.5, 0.6) is 0 Å². The zero-order valence-electron chi connectivity index (χ0n) is 13.5. The fourth-order valence-corrected chi connectivity index (χ4v) is 3.08. The third-order valence-electron chi connectivity index (χ3n) is 4.47. The highest BCUT2D eigenvalue weighted by Gasteiger charge is 2.19. The minimum atomic E-state index is 0.362. The predicted molar refractivity (Wildman–Crippen MR) is 90.0 cm³/mol. The molecular weight excluding hydrogens is 286 g/mol. The summed E-state index contributed by atoms with van der Waals surface area (Å²) in [6.07, 6.45) is 7.58. The molecule has 1 radical (unpaired) electrons. The molecule has 1 aliphatic rings. The summed E-state index contributed by atoms with van der Waals surface area (Å²) in [4.78, 5) is 13.9. The number of aromatic nitrogens is 3. The Morgan fingerprint density at radius 1 is 1.13 bits per heavy atom. The summed E-state index contributed by atoms with van der Waals surface area (Å²) >= 11 is 0. The molecule has 3 aromatic rings. The van der Waals surface area contributed by atoms with Crippen LogP contribution in [0.3, 0.4) is 0 Å². The van der Waals surface area contributed by atoms with Gasteiger partial charge in [-0.1, -0.05) is 13.8 Å². The van der Waals surface area contributed by atoms with Crippen LogP contribution in [-0.4, -0.2) is 15.0 Å². The lowest BCUT2D eigenvalue weighted by molar-refractivity contribution is 0.497. The maximum atomic E-state index is 5.87. The molecule has 1 aliphatic carbocycles. The van der Waals surface area contributed by atoms with E-state index in [1.807, 2.05) is 18.2 Å². The molecule has 3 heterocycles. The van der Waals surface area contributed by atoms with Crippen molar-refractivity contribution in [3.63, 3.8) is 0 Å². The largest absolute Gasteiger partial charge is 0.459 e. The number of pyridine rings is 1. The topological polar surface area (TPSA) is 51.8 Å². The zero-order chi connectivity index (χ0) is 15.8. The Bertz CT molecular complexity index is 832. The first-order valence-corrected chi connectivity index (χ1v) is 8.26. The van der Waals surface area contributed by atoms with E-state index in [0.29, 0.717) is 17.5 Å². The lowest BCUT2D eigenvalue weighted by Gasteiger charge is -2.08. The van der Waals surface area contributed by atoms with Crippen LogP contribution in [0.4, 0.5) is 0 Å². The van der Waals surface area contributed by atoms with Gasteiger partial charge < -0.3 is 4.42 Å². The molecule has 23 heavy (non-hydrogen) atoms.